The van der Waals surface area contributed by atoms with Crippen molar-refractivity contribution in [2.75, 3.05) is 10.6 Å². The van der Waals surface area contributed by atoms with Gasteiger partial charge in [0.2, 0.25) is 17.8 Å². The molecule has 3 heterocycles. The molecule has 1 saturated heterocycles. The Labute approximate surface area is 157 Å². The van der Waals surface area contributed by atoms with Crippen molar-refractivity contribution in [2.24, 2.45) is 11.8 Å². The van der Waals surface area contributed by atoms with Gasteiger partial charge < -0.3 is 16.0 Å². The van der Waals surface area contributed by atoms with E-state index in [1.54, 1.807) is 6.20 Å². The Morgan fingerprint density at radius 3 is 2.96 bits per heavy atom. The lowest BCUT2D eigenvalue weighted by Gasteiger charge is -2.42. The van der Waals surface area contributed by atoms with E-state index in [2.05, 4.69) is 25.9 Å². The van der Waals surface area contributed by atoms with Crippen LogP contribution >= 0.6 is 11.6 Å². The molecule has 0 aromatic carbocycles. The second-order valence-electron chi connectivity index (χ2n) is 7.68. The SMILES string of the molecule is C[C@H](Nc1ncc2c(n1)NC(=O)CC2)C1CC2CC(Cl)CCC2NC1=O. The number of aromatic nitrogens is 2. The molecule has 26 heavy (non-hydrogen) atoms. The molecule has 2 amide bonds. The third-order valence-electron chi connectivity index (χ3n) is 5.84. The van der Waals surface area contributed by atoms with Crippen LogP contribution in [0.15, 0.2) is 6.20 Å². The zero-order valence-corrected chi connectivity index (χ0v) is 15.6. The van der Waals surface area contributed by atoms with E-state index in [0.29, 0.717) is 30.5 Å². The van der Waals surface area contributed by atoms with E-state index in [4.69, 9.17) is 11.6 Å². The van der Waals surface area contributed by atoms with E-state index in [9.17, 15) is 9.59 Å². The summed E-state index contributed by atoms with van der Waals surface area (Å²) in [6.07, 6.45) is 6.58. The van der Waals surface area contributed by atoms with E-state index in [0.717, 1.165) is 31.2 Å². The summed E-state index contributed by atoms with van der Waals surface area (Å²) < 4.78 is 0. The van der Waals surface area contributed by atoms with Gasteiger partial charge in [-0.25, -0.2) is 4.98 Å². The summed E-state index contributed by atoms with van der Waals surface area (Å²) in [5.74, 6) is 1.35. The first-order chi connectivity index (χ1) is 12.5. The van der Waals surface area contributed by atoms with Crippen molar-refractivity contribution < 1.29 is 9.59 Å². The number of aryl methyl sites for hydroxylation is 1. The van der Waals surface area contributed by atoms with Crippen LogP contribution in [0.25, 0.3) is 0 Å². The quantitative estimate of drug-likeness (QED) is 0.701. The summed E-state index contributed by atoms with van der Waals surface area (Å²) in [4.78, 5) is 32.9. The van der Waals surface area contributed by atoms with E-state index in [1.165, 1.54) is 0 Å². The highest BCUT2D eigenvalue weighted by Gasteiger charge is 2.41. The Kier molecular flexibility index (Phi) is 4.73. The Morgan fingerprint density at radius 2 is 2.12 bits per heavy atom. The molecule has 2 fully saturated rings. The highest BCUT2D eigenvalue weighted by Crippen LogP contribution is 2.36. The topological polar surface area (TPSA) is 96.0 Å². The Hall–Kier alpha value is -1.89. The molecule has 4 unspecified atom stereocenters. The molecule has 1 aliphatic carbocycles. The van der Waals surface area contributed by atoms with Gasteiger partial charge in [-0.3, -0.25) is 9.59 Å². The zero-order chi connectivity index (χ0) is 18.3. The van der Waals surface area contributed by atoms with Gasteiger partial charge in [0.1, 0.15) is 5.82 Å². The number of carbonyl (C=O) groups excluding carboxylic acids is 2. The van der Waals surface area contributed by atoms with Gasteiger partial charge in [0.15, 0.2) is 0 Å². The van der Waals surface area contributed by atoms with Gasteiger partial charge >= 0.3 is 0 Å². The Bertz CT molecular complexity index is 728. The van der Waals surface area contributed by atoms with Crippen LogP contribution in [0, 0.1) is 11.8 Å². The summed E-state index contributed by atoms with van der Waals surface area (Å²) in [7, 11) is 0. The third kappa shape index (κ3) is 3.49. The average Bonchev–Trinajstić information content (AvgIpc) is 2.61. The number of fused-ring (bicyclic) bond motifs is 2. The predicted octanol–water partition coefficient (Wildman–Crippen LogP) is 2.07. The van der Waals surface area contributed by atoms with Crippen molar-refractivity contribution >= 4 is 35.2 Å². The van der Waals surface area contributed by atoms with Crippen LogP contribution in [-0.4, -0.2) is 39.2 Å². The number of hydrogen-bond acceptors (Lipinski definition) is 5. The fourth-order valence-corrected chi connectivity index (χ4v) is 4.68. The third-order valence-corrected chi connectivity index (χ3v) is 6.24. The highest BCUT2D eigenvalue weighted by molar-refractivity contribution is 6.20. The molecule has 2 aliphatic heterocycles. The Balaban J connectivity index is 1.44. The fraction of sp³-hybridized carbons (Fsp3) is 0.667. The number of hydrogen-bond donors (Lipinski definition) is 3. The minimum absolute atomic E-state index is 0.0270. The molecule has 1 aromatic rings. The number of amides is 2. The minimum Gasteiger partial charge on any atom is -0.353 e. The van der Waals surface area contributed by atoms with Crippen LogP contribution in [0.3, 0.4) is 0 Å². The maximum atomic E-state index is 12.6. The number of carbonyl (C=O) groups is 2. The van der Waals surface area contributed by atoms with E-state index in [-0.39, 0.29) is 35.2 Å². The molecule has 1 saturated carbocycles. The number of nitrogens with one attached hydrogen (secondary N) is 3. The lowest BCUT2D eigenvalue weighted by Crippen LogP contribution is -2.55. The van der Waals surface area contributed by atoms with Crippen LogP contribution in [0.5, 0.6) is 0 Å². The van der Waals surface area contributed by atoms with E-state index >= 15 is 0 Å². The molecule has 5 atom stereocenters. The molecule has 4 rings (SSSR count). The molecule has 7 nitrogen and oxygen atoms in total. The lowest BCUT2D eigenvalue weighted by atomic mass is 9.74. The van der Waals surface area contributed by atoms with Gasteiger partial charge in [-0.15, -0.1) is 11.6 Å². The predicted molar refractivity (Wildman–Crippen MR) is 99.1 cm³/mol. The molecular formula is C18H24ClN5O2. The Morgan fingerprint density at radius 1 is 1.27 bits per heavy atom. The largest absolute Gasteiger partial charge is 0.353 e. The molecule has 0 bridgehead atoms. The maximum absolute atomic E-state index is 12.6. The van der Waals surface area contributed by atoms with Gasteiger partial charge in [0.25, 0.3) is 0 Å². The summed E-state index contributed by atoms with van der Waals surface area (Å²) in [6, 6.07) is 0.153. The van der Waals surface area contributed by atoms with Gasteiger partial charge in [0, 0.05) is 35.6 Å². The van der Waals surface area contributed by atoms with Crippen LogP contribution < -0.4 is 16.0 Å². The molecule has 8 heteroatoms. The number of halogens is 1. The maximum Gasteiger partial charge on any atom is 0.225 e. The molecule has 0 radical (unpaired) electrons. The summed E-state index contributed by atoms with van der Waals surface area (Å²) >= 11 is 6.33. The first kappa shape index (κ1) is 17.5. The average molecular weight is 378 g/mol. The van der Waals surface area contributed by atoms with Crippen LogP contribution in [0.2, 0.25) is 0 Å². The monoisotopic (exact) mass is 377 g/mol. The number of piperidine rings is 1. The lowest BCUT2D eigenvalue weighted by molar-refractivity contribution is -0.130. The van der Waals surface area contributed by atoms with Gasteiger partial charge in [0.05, 0.1) is 5.92 Å². The molecule has 3 aliphatic rings. The van der Waals surface area contributed by atoms with Gasteiger partial charge in [-0.2, -0.15) is 4.98 Å². The molecule has 1 aromatic heterocycles. The minimum atomic E-state index is -0.146. The van der Waals surface area contributed by atoms with Crippen molar-refractivity contribution in [1.82, 2.24) is 15.3 Å². The second kappa shape index (κ2) is 7.02. The fourth-order valence-electron chi connectivity index (χ4n) is 4.33. The summed E-state index contributed by atoms with van der Waals surface area (Å²) in [5, 5.41) is 9.41. The number of rotatable bonds is 3. The number of anilines is 2. The zero-order valence-electron chi connectivity index (χ0n) is 14.8. The van der Waals surface area contributed by atoms with Crippen molar-refractivity contribution in [3.05, 3.63) is 11.8 Å². The van der Waals surface area contributed by atoms with Crippen molar-refractivity contribution in [3.63, 3.8) is 0 Å². The van der Waals surface area contributed by atoms with Gasteiger partial charge in [-0.05, 0) is 44.9 Å². The summed E-state index contributed by atoms with van der Waals surface area (Å²) in [5.41, 5.74) is 0.941. The van der Waals surface area contributed by atoms with Crippen molar-refractivity contribution in [3.8, 4) is 0 Å². The van der Waals surface area contributed by atoms with Crippen LogP contribution in [-0.2, 0) is 16.0 Å². The molecule has 140 valence electrons. The first-order valence-electron chi connectivity index (χ1n) is 9.36. The highest BCUT2D eigenvalue weighted by atomic mass is 35.5. The number of nitrogens with zero attached hydrogens (tertiary/aromatic N) is 2. The van der Waals surface area contributed by atoms with Crippen molar-refractivity contribution in [1.29, 1.82) is 0 Å². The van der Waals surface area contributed by atoms with E-state index < -0.39 is 0 Å². The van der Waals surface area contributed by atoms with Gasteiger partial charge in [-0.1, -0.05) is 0 Å². The van der Waals surface area contributed by atoms with Crippen molar-refractivity contribution in [2.45, 2.75) is 62.9 Å². The second-order valence-corrected chi connectivity index (χ2v) is 8.29. The standard InChI is InChI=1S/C18H24ClN5O2/c1-9(13-7-11-6-12(19)3-4-14(11)22-17(13)26)21-18-20-8-10-2-5-15(25)23-16(10)24-18/h8-9,11-14H,2-7H2,1H3,(H,22,26)(H2,20,21,23,24,25)/t9-,11?,12?,13?,14?/m0/s1. The molecule has 0 spiro atoms. The summed E-state index contributed by atoms with van der Waals surface area (Å²) in [6.45, 7) is 1.98. The molecule has 3 N–H and O–H groups in total. The van der Waals surface area contributed by atoms with Crippen LogP contribution in [0.4, 0.5) is 11.8 Å². The van der Waals surface area contributed by atoms with Crippen LogP contribution in [0.1, 0.15) is 44.6 Å². The van der Waals surface area contributed by atoms with E-state index in [1.807, 2.05) is 6.92 Å². The molecular weight excluding hydrogens is 354 g/mol. The smallest absolute Gasteiger partial charge is 0.225 e. The normalized spacial score (nSPS) is 31.9. The number of alkyl halides is 1. The first-order valence-corrected chi connectivity index (χ1v) is 9.80.